The lowest BCUT2D eigenvalue weighted by Crippen LogP contribution is -2.54. The lowest BCUT2D eigenvalue weighted by Gasteiger charge is -2.31. The topological polar surface area (TPSA) is 83.6 Å². The Bertz CT molecular complexity index is 289. The summed E-state index contributed by atoms with van der Waals surface area (Å²) in [6, 6.07) is -0.181. The van der Waals surface area contributed by atoms with E-state index in [1.54, 1.807) is 11.8 Å². The standard InChI is InChI=1S/C11H20N2O3/c1-3-11(2,12)10(16)13-6-4-5-8(13)7-9(14)15/h8H,3-7,12H2,1-2H3,(H,14,15). The van der Waals surface area contributed by atoms with Crippen LogP contribution in [0.5, 0.6) is 0 Å². The number of carbonyl (C=O) groups is 2. The summed E-state index contributed by atoms with van der Waals surface area (Å²) >= 11 is 0. The summed E-state index contributed by atoms with van der Waals surface area (Å²) in [7, 11) is 0. The molecule has 1 heterocycles. The third kappa shape index (κ3) is 2.72. The fourth-order valence-corrected chi connectivity index (χ4v) is 2.00. The summed E-state index contributed by atoms with van der Waals surface area (Å²) in [6.07, 6.45) is 2.20. The van der Waals surface area contributed by atoms with Crippen molar-refractivity contribution in [3.8, 4) is 0 Å². The number of carbonyl (C=O) groups excluding carboxylic acids is 1. The van der Waals surface area contributed by atoms with E-state index in [-0.39, 0.29) is 18.4 Å². The molecule has 0 radical (unpaired) electrons. The molecular weight excluding hydrogens is 208 g/mol. The molecule has 0 aromatic rings. The largest absolute Gasteiger partial charge is 0.481 e. The van der Waals surface area contributed by atoms with Crippen LogP contribution in [0.25, 0.3) is 0 Å². The van der Waals surface area contributed by atoms with E-state index in [1.807, 2.05) is 6.92 Å². The quantitative estimate of drug-likeness (QED) is 0.737. The number of amides is 1. The van der Waals surface area contributed by atoms with E-state index >= 15 is 0 Å². The van der Waals surface area contributed by atoms with Crippen LogP contribution in [0.2, 0.25) is 0 Å². The molecule has 1 aliphatic rings. The lowest BCUT2D eigenvalue weighted by molar-refractivity contribution is -0.141. The highest BCUT2D eigenvalue weighted by Crippen LogP contribution is 2.23. The maximum Gasteiger partial charge on any atom is 0.305 e. The second-order valence-corrected chi connectivity index (χ2v) is 4.66. The SMILES string of the molecule is CCC(C)(N)C(=O)N1CCCC1CC(=O)O. The first-order valence-corrected chi connectivity index (χ1v) is 5.70. The van der Waals surface area contributed by atoms with Crippen molar-refractivity contribution in [2.45, 2.75) is 51.1 Å². The van der Waals surface area contributed by atoms with Crippen molar-refractivity contribution < 1.29 is 14.7 Å². The second kappa shape index (κ2) is 4.82. The molecule has 5 nitrogen and oxygen atoms in total. The highest BCUT2D eigenvalue weighted by atomic mass is 16.4. The van der Waals surface area contributed by atoms with Crippen LogP contribution in [-0.2, 0) is 9.59 Å². The van der Waals surface area contributed by atoms with Gasteiger partial charge < -0.3 is 15.7 Å². The van der Waals surface area contributed by atoms with Crippen LogP contribution >= 0.6 is 0 Å². The monoisotopic (exact) mass is 228 g/mol. The highest BCUT2D eigenvalue weighted by molar-refractivity contribution is 5.86. The van der Waals surface area contributed by atoms with Gasteiger partial charge in [0.25, 0.3) is 0 Å². The third-order valence-electron chi connectivity index (χ3n) is 3.27. The second-order valence-electron chi connectivity index (χ2n) is 4.66. The van der Waals surface area contributed by atoms with Crippen LogP contribution in [0.15, 0.2) is 0 Å². The van der Waals surface area contributed by atoms with Gasteiger partial charge in [0.15, 0.2) is 0 Å². The molecule has 0 aromatic heterocycles. The molecule has 1 saturated heterocycles. The molecule has 92 valence electrons. The first-order chi connectivity index (χ1) is 7.38. The van der Waals surface area contributed by atoms with E-state index in [0.29, 0.717) is 13.0 Å². The van der Waals surface area contributed by atoms with Gasteiger partial charge in [-0.2, -0.15) is 0 Å². The van der Waals surface area contributed by atoms with Crippen molar-refractivity contribution in [2.24, 2.45) is 5.73 Å². The van der Waals surface area contributed by atoms with Gasteiger partial charge in [0.05, 0.1) is 12.0 Å². The first-order valence-electron chi connectivity index (χ1n) is 5.70. The highest BCUT2D eigenvalue weighted by Gasteiger charge is 2.37. The molecule has 16 heavy (non-hydrogen) atoms. The van der Waals surface area contributed by atoms with E-state index in [4.69, 9.17) is 10.8 Å². The van der Waals surface area contributed by atoms with Crippen molar-refractivity contribution in [3.05, 3.63) is 0 Å². The molecule has 1 fully saturated rings. The van der Waals surface area contributed by atoms with Gasteiger partial charge in [-0.3, -0.25) is 9.59 Å². The zero-order valence-corrected chi connectivity index (χ0v) is 9.90. The van der Waals surface area contributed by atoms with Crippen LogP contribution in [0.4, 0.5) is 0 Å². The number of hydrogen-bond donors (Lipinski definition) is 2. The van der Waals surface area contributed by atoms with Gasteiger partial charge >= 0.3 is 5.97 Å². The van der Waals surface area contributed by atoms with Gasteiger partial charge in [-0.1, -0.05) is 6.92 Å². The Morgan fingerprint density at radius 1 is 1.56 bits per heavy atom. The van der Waals surface area contributed by atoms with E-state index < -0.39 is 11.5 Å². The Hall–Kier alpha value is -1.10. The Morgan fingerprint density at radius 2 is 2.19 bits per heavy atom. The zero-order valence-electron chi connectivity index (χ0n) is 9.90. The lowest BCUT2D eigenvalue weighted by atomic mass is 9.98. The van der Waals surface area contributed by atoms with Crippen molar-refractivity contribution in [1.29, 1.82) is 0 Å². The number of carboxylic acid groups (broad SMARTS) is 1. The summed E-state index contributed by atoms with van der Waals surface area (Å²) in [5.41, 5.74) is 5.02. The molecule has 0 aliphatic carbocycles. The van der Waals surface area contributed by atoms with E-state index in [1.165, 1.54) is 0 Å². The van der Waals surface area contributed by atoms with Gasteiger partial charge in [0.1, 0.15) is 0 Å². The van der Waals surface area contributed by atoms with Gasteiger partial charge in [0.2, 0.25) is 5.91 Å². The van der Waals surface area contributed by atoms with Crippen LogP contribution in [0, 0.1) is 0 Å². The molecule has 0 spiro atoms. The summed E-state index contributed by atoms with van der Waals surface area (Å²) in [5, 5.41) is 8.76. The molecule has 1 rings (SSSR count). The molecule has 0 aromatic carbocycles. The van der Waals surface area contributed by atoms with Crippen molar-refractivity contribution >= 4 is 11.9 Å². The average molecular weight is 228 g/mol. The number of rotatable bonds is 4. The van der Waals surface area contributed by atoms with Gasteiger partial charge in [-0.15, -0.1) is 0 Å². The summed E-state index contributed by atoms with van der Waals surface area (Å²) < 4.78 is 0. The Kier molecular flexibility index (Phi) is 3.91. The van der Waals surface area contributed by atoms with Gasteiger partial charge in [-0.05, 0) is 26.2 Å². The minimum atomic E-state index is -0.874. The molecule has 2 unspecified atom stereocenters. The molecular formula is C11H20N2O3. The first kappa shape index (κ1) is 13.0. The maximum atomic E-state index is 12.1. The van der Waals surface area contributed by atoms with E-state index in [0.717, 1.165) is 12.8 Å². The number of nitrogens with two attached hydrogens (primary N) is 1. The van der Waals surface area contributed by atoms with Crippen molar-refractivity contribution in [1.82, 2.24) is 4.90 Å². The fraction of sp³-hybridized carbons (Fsp3) is 0.818. The fourth-order valence-electron chi connectivity index (χ4n) is 2.00. The number of hydrogen-bond acceptors (Lipinski definition) is 3. The number of carboxylic acids is 1. The predicted octanol–water partition coefficient (Wildman–Crippen LogP) is 0.579. The Balaban J connectivity index is 2.71. The minimum absolute atomic E-state index is 0.0194. The Morgan fingerprint density at radius 3 is 2.69 bits per heavy atom. The van der Waals surface area contributed by atoms with Crippen molar-refractivity contribution in [3.63, 3.8) is 0 Å². The molecule has 1 amide bonds. The van der Waals surface area contributed by atoms with Crippen LogP contribution < -0.4 is 5.73 Å². The van der Waals surface area contributed by atoms with Gasteiger partial charge in [-0.25, -0.2) is 0 Å². The smallest absolute Gasteiger partial charge is 0.305 e. The van der Waals surface area contributed by atoms with Crippen molar-refractivity contribution in [2.75, 3.05) is 6.54 Å². The molecule has 1 aliphatic heterocycles. The third-order valence-corrected chi connectivity index (χ3v) is 3.27. The average Bonchev–Trinajstić information content (AvgIpc) is 2.63. The summed E-state index contributed by atoms with van der Waals surface area (Å²) in [6.45, 7) is 4.19. The van der Waals surface area contributed by atoms with Gasteiger partial charge in [0, 0.05) is 12.6 Å². The number of nitrogens with zero attached hydrogens (tertiary/aromatic N) is 1. The van der Waals surface area contributed by atoms with Crippen LogP contribution in [0.3, 0.4) is 0 Å². The molecule has 2 atom stereocenters. The zero-order chi connectivity index (χ0) is 12.3. The van der Waals surface area contributed by atoms with E-state index in [9.17, 15) is 9.59 Å². The predicted molar refractivity (Wildman–Crippen MR) is 59.9 cm³/mol. The minimum Gasteiger partial charge on any atom is -0.481 e. The van der Waals surface area contributed by atoms with E-state index in [2.05, 4.69) is 0 Å². The maximum absolute atomic E-state index is 12.1. The van der Waals surface area contributed by atoms with Crippen LogP contribution in [0.1, 0.15) is 39.5 Å². The molecule has 3 N–H and O–H groups in total. The Labute approximate surface area is 95.6 Å². The number of aliphatic carboxylic acids is 1. The molecule has 0 saturated carbocycles. The molecule has 0 bridgehead atoms. The summed E-state index contributed by atoms with van der Waals surface area (Å²) in [5.74, 6) is -0.987. The summed E-state index contributed by atoms with van der Waals surface area (Å²) in [4.78, 5) is 24.4. The molecule has 5 heteroatoms. The van der Waals surface area contributed by atoms with Crippen LogP contribution in [-0.4, -0.2) is 40.0 Å². The normalized spacial score (nSPS) is 24.2. The number of likely N-dealkylation sites (tertiary alicyclic amines) is 1.